The van der Waals surface area contributed by atoms with Crippen molar-refractivity contribution >= 4 is 23.3 Å². The van der Waals surface area contributed by atoms with E-state index in [0.717, 1.165) is 44.1 Å². The number of nitrogens with one attached hydrogen (secondary N) is 1. The Morgan fingerprint density at radius 3 is 2.78 bits per heavy atom. The lowest BCUT2D eigenvalue weighted by atomic mass is 9.97. The van der Waals surface area contributed by atoms with E-state index in [4.69, 9.17) is 9.73 Å². The van der Waals surface area contributed by atoms with E-state index in [2.05, 4.69) is 22.1 Å². The Morgan fingerprint density at radius 2 is 2.22 bits per heavy atom. The Kier molecular flexibility index (Phi) is 6.83. The fraction of sp³-hybridized carbons (Fsp3) is 0.688. The minimum Gasteiger partial charge on any atom is -0.466 e. The highest BCUT2D eigenvalue weighted by Crippen LogP contribution is 2.19. The minimum absolute atomic E-state index is 0.0258. The van der Waals surface area contributed by atoms with Crippen molar-refractivity contribution < 1.29 is 9.53 Å². The molecule has 23 heavy (non-hydrogen) atoms. The molecule has 0 unspecified atom stereocenters. The zero-order valence-electron chi connectivity index (χ0n) is 14.2. The molecule has 1 aliphatic rings. The van der Waals surface area contributed by atoms with Crippen molar-refractivity contribution in [3.05, 3.63) is 16.1 Å². The minimum atomic E-state index is -0.0608. The Bertz CT molecular complexity index is 536. The van der Waals surface area contributed by atoms with Gasteiger partial charge in [-0.05, 0) is 33.6 Å². The first-order valence-electron chi connectivity index (χ1n) is 8.24. The van der Waals surface area contributed by atoms with Crippen molar-refractivity contribution in [2.75, 3.05) is 26.2 Å². The number of rotatable bonds is 5. The molecule has 6 nitrogen and oxygen atoms in total. The molecule has 1 aliphatic heterocycles. The lowest BCUT2D eigenvalue weighted by Gasteiger charge is -2.33. The summed E-state index contributed by atoms with van der Waals surface area (Å²) in [5, 5.41) is 3.35. The second-order valence-corrected chi connectivity index (χ2v) is 6.48. The third kappa shape index (κ3) is 4.92. The first-order chi connectivity index (χ1) is 11.2. The molecule has 2 rings (SSSR count). The number of nitrogens with zero attached hydrogens (tertiary/aromatic N) is 3. The van der Waals surface area contributed by atoms with Crippen LogP contribution in [0.3, 0.4) is 0 Å². The summed E-state index contributed by atoms with van der Waals surface area (Å²) in [6.45, 7) is 9.53. The van der Waals surface area contributed by atoms with E-state index in [1.807, 2.05) is 19.4 Å². The van der Waals surface area contributed by atoms with Crippen molar-refractivity contribution in [3.63, 3.8) is 0 Å². The molecular weight excluding hydrogens is 312 g/mol. The zero-order chi connectivity index (χ0) is 16.7. The molecule has 128 valence electrons. The molecule has 0 amide bonds. The van der Waals surface area contributed by atoms with Crippen molar-refractivity contribution in [3.8, 4) is 0 Å². The zero-order valence-corrected chi connectivity index (χ0v) is 15.0. The number of carbonyl (C=O) groups is 1. The van der Waals surface area contributed by atoms with Gasteiger partial charge in [-0.2, -0.15) is 0 Å². The maximum absolute atomic E-state index is 11.8. The van der Waals surface area contributed by atoms with Gasteiger partial charge in [0, 0.05) is 24.5 Å². The van der Waals surface area contributed by atoms with Gasteiger partial charge in [0.05, 0.1) is 30.3 Å². The molecule has 1 aromatic rings. The smallest absolute Gasteiger partial charge is 0.309 e. The largest absolute Gasteiger partial charge is 0.466 e. The average Bonchev–Trinajstić information content (AvgIpc) is 2.97. The molecule has 0 saturated carbocycles. The van der Waals surface area contributed by atoms with Crippen LogP contribution in [0.2, 0.25) is 0 Å². The van der Waals surface area contributed by atoms with Gasteiger partial charge >= 0.3 is 5.97 Å². The number of aryl methyl sites for hydroxylation is 1. The highest BCUT2D eigenvalue weighted by molar-refractivity contribution is 7.09. The normalized spacial score (nSPS) is 16.5. The van der Waals surface area contributed by atoms with Gasteiger partial charge in [-0.15, -0.1) is 11.3 Å². The molecule has 7 heteroatoms. The number of thiazole rings is 1. The Morgan fingerprint density at radius 1 is 1.48 bits per heavy atom. The Hall–Kier alpha value is -1.63. The number of carbonyl (C=O) groups excluding carboxylic acids is 1. The predicted molar refractivity (Wildman–Crippen MR) is 92.6 cm³/mol. The molecule has 0 aromatic carbocycles. The number of likely N-dealkylation sites (tertiary alicyclic amines) is 1. The van der Waals surface area contributed by atoms with Gasteiger partial charge < -0.3 is 15.0 Å². The lowest BCUT2D eigenvalue weighted by molar-refractivity contribution is -0.149. The van der Waals surface area contributed by atoms with Gasteiger partial charge in [0.2, 0.25) is 0 Å². The van der Waals surface area contributed by atoms with Gasteiger partial charge in [-0.3, -0.25) is 4.79 Å². The highest BCUT2D eigenvalue weighted by atomic mass is 32.1. The summed E-state index contributed by atoms with van der Waals surface area (Å²) in [4.78, 5) is 24.3. The number of esters is 1. The number of piperidine rings is 1. The molecule has 1 fully saturated rings. The van der Waals surface area contributed by atoms with Gasteiger partial charge in [0.25, 0.3) is 0 Å². The van der Waals surface area contributed by atoms with Crippen LogP contribution in [0.1, 0.15) is 37.3 Å². The molecule has 0 atom stereocenters. The number of guanidine groups is 1. The standard InChI is InChI=1S/C16H26N4O2S/c1-4-17-16(18-10-14-12(3)19-11-23-14)20-8-6-13(7-9-20)15(21)22-5-2/h11,13H,4-10H2,1-3H3,(H,17,18). The molecule has 0 spiro atoms. The molecule has 0 aliphatic carbocycles. The average molecular weight is 338 g/mol. The number of hydrogen-bond donors (Lipinski definition) is 1. The summed E-state index contributed by atoms with van der Waals surface area (Å²) < 4.78 is 5.13. The van der Waals surface area contributed by atoms with E-state index in [-0.39, 0.29) is 11.9 Å². The SMILES string of the molecule is CCNC(=NCc1scnc1C)N1CCC(C(=O)OCC)CC1. The molecule has 1 saturated heterocycles. The quantitative estimate of drug-likeness (QED) is 0.506. The van der Waals surface area contributed by atoms with E-state index in [1.165, 1.54) is 4.88 Å². The summed E-state index contributed by atoms with van der Waals surface area (Å²) in [5.41, 5.74) is 2.91. The van der Waals surface area contributed by atoms with Gasteiger partial charge in [0.1, 0.15) is 0 Å². The Balaban J connectivity index is 1.94. The number of aromatic nitrogens is 1. The summed E-state index contributed by atoms with van der Waals surface area (Å²) in [7, 11) is 0. The predicted octanol–water partition coefficient (Wildman–Crippen LogP) is 2.19. The summed E-state index contributed by atoms with van der Waals surface area (Å²) >= 11 is 1.64. The third-order valence-corrected chi connectivity index (χ3v) is 4.89. The molecule has 1 aromatic heterocycles. The number of aliphatic imine (C=N–C) groups is 1. The van der Waals surface area contributed by atoms with E-state index >= 15 is 0 Å². The van der Waals surface area contributed by atoms with Crippen LogP contribution in [0.4, 0.5) is 0 Å². The van der Waals surface area contributed by atoms with Crippen LogP contribution in [0, 0.1) is 12.8 Å². The number of hydrogen-bond acceptors (Lipinski definition) is 5. The van der Waals surface area contributed by atoms with Crippen LogP contribution in [0.5, 0.6) is 0 Å². The van der Waals surface area contributed by atoms with E-state index < -0.39 is 0 Å². The van der Waals surface area contributed by atoms with E-state index in [0.29, 0.717) is 13.2 Å². The summed E-state index contributed by atoms with van der Waals surface area (Å²) in [5.74, 6) is 0.884. The van der Waals surface area contributed by atoms with Crippen molar-refractivity contribution in [2.45, 2.75) is 40.2 Å². The van der Waals surface area contributed by atoms with Crippen LogP contribution < -0.4 is 5.32 Å². The summed E-state index contributed by atoms with van der Waals surface area (Å²) in [6.07, 6.45) is 1.64. The van der Waals surface area contributed by atoms with Gasteiger partial charge in [-0.1, -0.05) is 0 Å². The second-order valence-electron chi connectivity index (χ2n) is 5.54. The maximum Gasteiger partial charge on any atom is 0.309 e. The van der Waals surface area contributed by atoms with Crippen LogP contribution in [0.15, 0.2) is 10.5 Å². The second kappa shape index (κ2) is 8.86. The summed E-state index contributed by atoms with van der Waals surface area (Å²) in [6, 6.07) is 0. The molecule has 0 radical (unpaired) electrons. The lowest BCUT2D eigenvalue weighted by Crippen LogP contribution is -2.46. The topological polar surface area (TPSA) is 66.8 Å². The monoisotopic (exact) mass is 338 g/mol. The number of ether oxygens (including phenoxy) is 1. The van der Waals surface area contributed by atoms with Crippen LogP contribution >= 0.6 is 11.3 Å². The van der Waals surface area contributed by atoms with Crippen LogP contribution in [-0.4, -0.2) is 48.1 Å². The van der Waals surface area contributed by atoms with E-state index in [1.54, 1.807) is 11.3 Å². The van der Waals surface area contributed by atoms with Crippen molar-refractivity contribution in [1.29, 1.82) is 0 Å². The van der Waals surface area contributed by atoms with Crippen molar-refractivity contribution in [2.24, 2.45) is 10.9 Å². The molecule has 0 bridgehead atoms. The van der Waals surface area contributed by atoms with Crippen LogP contribution in [-0.2, 0) is 16.1 Å². The van der Waals surface area contributed by atoms with Crippen molar-refractivity contribution in [1.82, 2.24) is 15.2 Å². The van der Waals surface area contributed by atoms with Crippen LogP contribution in [0.25, 0.3) is 0 Å². The van der Waals surface area contributed by atoms with E-state index in [9.17, 15) is 4.79 Å². The molecular formula is C16H26N4O2S. The maximum atomic E-state index is 11.8. The fourth-order valence-corrected chi connectivity index (χ4v) is 3.34. The molecule has 2 heterocycles. The molecule has 1 N–H and O–H groups in total. The first-order valence-corrected chi connectivity index (χ1v) is 9.12. The van der Waals surface area contributed by atoms with Gasteiger partial charge in [0.15, 0.2) is 5.96 Å². The fourth-order valence-electron chi connectivity index (χ4n) is 2.64. The van der Waals surface area contributed by atoms with Gasteiger partial charge in [-0.25, -0.2) is 9.98 Å². The Labute approximate surface area is 142 Å². The first kappa shape index (κ1) is 17.7. The third-order valence-electron chi connectivity index (χ3n) is 3.97. The highest BCUT2D eigenvalue weighted by Gasteiger charge is 2.27.